The predicted molar refractivity (Wildman–Crippen MR) is 60.5 cm³/mol. The number of hydrogen-bond donors (Lipinski definition) is 1. The summed E-state index contributed by atoms with van der Waals surface area (Å²) in [6.07, 6.45) is 3.37. The van der Waals surface area contributed by atoms with Crippen molar-refractivity contribution in [3.8, 4) is 6.07 Å². The van der Waals surface area contributed by atoms with Gasteiger partial charge >= 0.3 is 0 Å². The molecule has 4 nitrogen and oxygen atoms in total. The maximum Gasteiger partial charge on any atom is 0.234 e. The summed E-state index contributed by atoms with van der Waals surface area (Å²) < 4.78 is 0. The Bertz CT molecular complexity index is 392. The quantitative estimate of drug-likeness (QED) is 0.828. The zero-order valence-electron chi connectivity index (χ0n) is 9.53. The number of nitriles is 1. The van der Waals surface area contributed by atoms with Gasteiger partial charge in [0, 0.05) is 24.4 Å². The molecular weight excluding hydrogens is 202 g/mol. The van der Waals surface area contributed by atoms with Crippen molar-refractivity contribution < 1.29 is 4.79 Å². The topological polar surface area (TPSA) is 65.8 Å². The Hall–Kier alpha value is -1.89. The van der Waals surface area contributed by atoms with Crippen molar-refractivity contribution in [1.82, 2.24) is 10.3 Å². The molecule has 0 fully saturated rings. The summed E-state index contributed by atoms with van der Waals surface area (Å²) in [5.41, 5.74) is 0.952. The second-order valence-electron chi connectivity index (χ2n) is 4.23. The summed E-state index contributed by atoms with van der Waals surface area (Å²) in [6, 6.07) is 5.68. The van der Waals surface area contributed by atoms with Gasteiger partial charge in [0.05, 0.1) is 6.07 Å². The number of nitrogens with one attached hydrogen (secondary N) is 1. The van der Waals surface area contributed by atoms with Crippen molar-refractivity contribution >= 4 is 5.91 Å². The van der Waals surface area contributed by atoms with E-state index in [-0.39, 0.29) is 17.7 Å². The molecule has 0 aromatic carbocycles. The first-order chi connectivity index (χ1) is 7.56. The SMILES string of the molecule is CC(C)(CNC(=O)CC#N)c1ccncc1. The molecular formula is C12H15N3O. The maximum atomic E-state index is 11.2. The first kappa shape index (κ1) is 12.2. The van der Waals surface area contributed by atoms with Gasteiger partial charge in [0.25, 0.3) is 0 Å². The van der Waals surface area contributed by atoms with Crippen molar-refractivity contribution in [2.24, 2.45) is 0 Å². The van der Waals surface area contributed by atoms with Crippen LogP contribution in [0.25, 0.3) is 0 Å². The van der Waals surface area contributed by atoms with Gasteiger partial charge in [-0.05, 0) is 17.7 Å². The van der Waals surface area contributed by atoms with E-state index in [1.54, 1.807) is 12.4 Å². The van der Waals surface area contributed by atoms with Crippen LogP contribution in [-0.4, -0.2) is 17.4 Å². The molecule has 0 atom stereocenters. The minimum atomic E-state index is -0.232. The standard InChI is InChI=1S/C12H15N3O/c1-12(2,9-15-11(16)3-6-13)10-4-7-14-8-5-10/h4-5,7-8H,3,9H2,1-2H3,(H,15,16). The average Bonchev–Trinajstić information content (AvgIpc) is 2.28. The highest BCUT2D eigenvalue weighted by molar-refractivity contribution is 5.78. The molecule has 0 radical (unpaired) electrons. The second kappa shape index (κ2) is 5.26. The molecule has 0 aliphatic rings. The molecule has 4 heteroatoms. The van der Waals surface area contributed by atoms with Gasteiger partial charge in [0.1, 0.15) is 6.42 Å². The smallest absolute Gasteiger partial charge is 0.234 e. The molecule has 0 saturated heterocycles. The molecule has 0 bridgehead atoms. The van der Waals surface area contributed by atoms with E-state index in [0.29, 0.717) is 6.54 Å². The highest BCUT2D eigenvalue weighted by Gasteiger charge is 2.20. The van der Waals surface area contributed by atoms with E-state index >= 15 is 0 Å². The van der Waals surface area contributed by atoms with Crippen LogP contribution < -0.4 is 5.32 Å². The van der Waals surface area contributed by atoms with Crippen LogP contribution >= 0.6 is 0 Å². The van der Waals surface area contributed by atoms with Crippen LogP contribution in [0, 0.1) is 11.3 Å². The zero-order valence-corrected chi connectivity index (χ0v) is 9.53. The summed E-state index contributed by atoms with van der Waals surface area (Å²) >= 11 is 0. The van der Waals surface area contributed by atoms with E-state index in [0.717, 1.165) is 5.56 Å². The van der Waals surface area contributed by atoms with Crippen LogP contribution in [0.15, 0.2) is 24.5 Å². The minimum Gasteiger partial charge on any atom is -0.354 e. The Morgan fingerprint density at radius 3 is 2.69 bits per heavy atom. The predicted octanol–water partition coefficient (Wildman–Crippen LogP) is 1.39. The van der Waals surface area contributed by atoms with Crippen LogP contribution in [0.4, 0.5) is 0 Å². The Labute approximate surface area is 95.3 Å². The number of rotatable bonds is 4. The zero-order chi connectivity index (χ0) is 12.0. The largest absolute Gasteiger partial charge is 0.354 e. The number of nitrogens with zero attached hydrogens (tertiary/aromatic N) is 2. The second-order valence-corrected chi connectivity index (χ2v) is 4.23. The van der Waals surface area contributed by atoms with Gasteiger partial charge in [-0.2, -0.15) is 5.26 Å². The lowest BCUT2D eigenvalue weighted by molar-refractivity contribution is -0.120. The van der Waals surface area contributed by atoms with Crippen molar-refractivity contribution in [3.05, 3.63) is 30.1 Å². The molecule has 1 amide bonds. The number of amides is 1. The summed E-state index contributed by atoms with van der Waals surface area (Å²) in [6.45, 7) is 4.58. The van der Waals surface area contributed by atoms with Crippen molar-refractivity contribution in [1.29, 1.82) is 5.26 Å². The Balaban J connectivity index is 2.60. The molecule has 1 aromatic rings. The van der Waals surface area contributed by atoms with Crippen LogP contribution in [0.5, 0.6) is 0 Å². The molecule has 0 unspecified atom stereocenters. The highest BCUT2D eigenvalue weighted by Crippen LogP contribution is 2.20. The van der Waals surface area contributed by atoms with Gasteiger partial charge in [-0.15, -0.1) is 0 Å². The van der Waals surface area contributed by atoms with Gasteiger partial charge in [-0.1, -0.05) is 13.8 Å². The molecule has 1 N–H and O–H groups in total. The third-order valence-corrected chi connectivity index (χ3v) is 2.43. The number of carbonyl (C=O) groups excluding carboxylic acids is 1. The summed E-state index contributed by atoms with van der Waals surface area (Å²) in [5.74, 6) is -0.232. The first-order valence-corrected chi connectivity index (χ1v) is 5.10. The Morgan fingerprint density at radius 2 is 2.12 bits per heavy atom. The van der Waals surface area contributed by atoms with Gasteiger partial charge in [-0.25, -0.2) is 0 Å². The van der Waals surface area contributed by atoms with Crippen LogP contribution in [0.2, 0.25) is 0 Å². The Kier molecular flexibility index (Phi) is 4.01. The lowest BCUT2D eigenvalue weighted by Gasteiger charge is -2.25. The third kappa shape index (κ3) is 3.35. The molecule has 1 aromatic heterocycles. The monoisotopic (exact) mass is 217 g/mol. The summed E-state index contributed by atoms with van der Waals surface area (Å²) in [5, 5.41) is 11.1. The molecule has 84 valence electrons. The number of aromatic nitrogens is 1. The average molecular weight is 217 g/mol. The molecule has 0 saturated carbocycles. The lowest BCUT2D eigenvalue weighted by atomic mass is 9.85. The van der Waals surface area contributed by atoms with Crippen LogP contribution in [0.1, 0.15) is 25.8 Å². The van der Waals surface area contributed by atoms with Crippen LogP contribution in [0.3, 0.4) is 0 Å². The molecule has 0 aliphatic heterocycles. The normalized spacial score (nSPS) is 10.6. The molecule has 1 rings (SSSR count). The van der Waals surface area contributed by atoms with Crippen molar-refractivity contribution in [2.75, 3.05) is 6.54 Å². The fourth-order valence-electron chi connectivity index (χ4n) is 1.36. The van der Waals surface area contributed by atoms with Gasteiger partial charge < -0.3 is 5.32 Å². The van der Waals surface area contributed by atoms with E-state index in [1.165, 1.54) is 0 Å². The number of hydrogen-bond acceptors (Lipinski definition) is 3. The fourth-order valence-corrected chi connectivity index (χ4v) is 1.36. The number of carbonyl (C=O) groups is 1. The van der Waals surface area contributed by atoms with E-state index in [9.17, 15) is 4.79 Å². The van der Waals surface area contributed by atoms with Gasteiger partial charge in [-0.3, -0.25) is 9.78 Å². The molecule has 16 heavy (non-hydrogen) atoms. The van der Waals surface area contributed by atoms with Crippen molar-refractivity contribution in [3.63, 3.8) is 0 Å². The number of pyridine rings is 1. The van der Waals surface area contributed by atoms with E-state index in [2.05, 4.69) is 10.3 Å². The third-order valence-electron chi connectivity index (χ3n) is 2.43. The molecule has 0 spiro atoms. The van der Waals surface area contributed by atoms with Gasteiger partial charge in [0.2, 0.25) is 5.91 Å². The fraction of sp³-hybridized carbons (Fsp3) is 0.417. The van der Waals surface area contributed by atoms with E-state index < -0.39 is 0 Å². The Morgan fingerprint density at radius 1 is 1.50 bits per heavy atom. The van der Waals surface area contributed by atoms with E-state index in [1.807, 2.05) is 32.0 Å². The summed E-state index contributed by atoms with van der Waals surface area (Å²) in [7, 11) is 0. The molecule has 1 heterocycles. The molecule has 0 aliphatic carbocycles. The maximum absolute atomic E-state index is 11.2. The summed E-state index contributed by atoms with van der Waals surface area (Å²) in [4.78, 5) is 15.1. The lowest BCUT2D eigenvalue weighted by Crippen LogP contribution is -2.36. The van der Waals surface area contributed by atoms with Crippen LogP contribution in [-0.2, 0) is 10.2 Å². The minimum absolute atomic E-state index is 0.0908. The highest BCUT2D eigenvalue weighted by atomic mass is 16.1. The van der Waals surface area contributed by atoms with Gasteiger partial charge in [0.15, 0.2) is 0 Å². The first-order valence-electron chi connectivity index (χ1n) is 5.10. The van der Waals surface area contributed by atoms with Crippen molar-refractivity contribution in [2.45, 2.75) is 25.7 Å². The van der Waals surface area contributed by atoms with E-state index in [4.69, 9.17) is 5.26 Å².